The Bertz CT molecular complexity index is 141. The first-order valence-corrected chi connectivity index (χ1v) is 9.32. The van der Waals surface area contributed by atoms with Gasteiger partial charge in [0.15, 0.2) is 0 Å². The Labute approximate surface area is 128 Å². The van der Waals surface area contributed by atoms with Crippen LogP contribution in [0.3, 0.4) is 0 Å². The lowest BCUT2D eigenvalue weighted by Crippen LogP contribution is -2.16. The molecule has 0 aromatic carbocycles. The summed E-state index contributed by atoms with van der Waals surface area (Å²) in [5.41, 5.74) is 5.48. The van der Waals surface area contributed by atoms with E-state index in [2.05, 4.69) is 12.2 Å². The number of hydrogen-bond donors (Lipinski definition) is 2. The molecule has 0 rings (SSSR count). The highest BCUT2D eigenvalue weighted by Crippen LogP contribution is 2.10. The van der Waals surface area contributed by atoms with E-state index in [4.69, 9.17) is 5.73 Å². The molecule has 0 heterocycles. The van der Waals surface area contributed by atoms with Crippen molar-refractivity contribution in [3.8, 4) is 0 Å². The minimum Gasteiger partial charge on any atom is -0.330 e. The number of rotatable bonds is 17. The summed E-state index contributed by atoms with van der Waals surface area (Å²) in [6.45, 7) is 5.59. The summed E-state index contributed by atoms with van der Waals surface area (Å²) in [5.74, 6) is 0. The van der Waals surface area contributed by atoms with Crippen molar-refractivity contribution in [3.63, 3.8) is 0 Å². The molecule has 122 valence electrons. The molecule has 2 nitrogen and oxygen atoms in total. The van der Waals surface area contributed by atoms with Gasteiger partial charge in [0, 0.05) is 0 Å². The van der Waals surface area contributed by atoms with Gasteiger partial charge in [-0.05, 0) is 38.9 Å². The van der Waals surface area contributed by atoms with Gasteiger partial charge in [-0.25, -0.2) is 0 Å². The first-order chi connectivity index (χ1) is 9.91. The molecule has 2 heteroatoms. The molecular formula is C18H40N2. The predicted molar refractivity (Wildman–Crippen MR) is 92.2 cm³/mol. The lowest BCUT2D eigenvalue weighted by Gasteiger charge is -2.05. The standard InChI is InChI=1S/C18H40N2/c1-2-3-4-14-17-20-18-15-12-10-8-6-5-7-9-11-13-16-19/h20H,2-19H2,1H3. The molecule has 0 saturated carbocycles. The van der Waals surface area contributed by atoms with Gasteiger partial charge in [-0.15, -0.1) is 0 Å². The Morgan fingerprint density at radius 1 is 0.550 bits per heavy atom. The van der Waals surface area contributed by atoms with Gasteiger partial charge in [-0.1, -0.05) is 77.6 Å². The zero-order chi connectivity index (χ0) is 14.7. The first-order valence-electron chi connectivity index (χ1n) is 9.32. The zero-order valence-corrected chi connectivity index (χ0v) is 14.1. The largest absolute Gasteiger partial charge is 0.330 e. The van der Waals surface area contributed by atoms with Crippen molar-refractivity contribution in [1.29, 1.82) is 0 Å². The van der Waals surface area contributed by atoms with Crippen molar-refractivity contribution in [3.05, 3.63) is 0 Å². The molecule has 0 aliphatic rings. The van der Waals surface area contributed by atoms with Gasteiger partial charge in [0.2, 0.25) is 0 Å². The average Bonchev–Trinajstić information content (AvgIpc) is 2.47. The van der Waals surface area contributed by atoms with Crippen LogP contribution in [0.1, 0.15) is 96.8 Å². The van der Waals surface area contributed by atoms with Crippen molar-refractivity contribution in [2.45, 2.75) is 96.8 Å². The van der Waals surface area contributed by atoms with E-state index >= 15 is 0 Å². The van der Waals surface area contributed by atoms with Crippen molar-refractivity contribution in [1.82, 2.24) is 5.32 Å². The van der Waals surface area contributed by atoms with Crippen LogP contribution in [0, 0.1) is 0 Å². The summed E-state index contributed by atoms with van der Waals surface area (Å²) in [6, 6.07) is 0. The lowest BCUT2D eigenvalue weighted by atomic mass is 10.1. The topological polar surface area (TPSA) is 38.0 Å². The minimum atomic E-state index is 0.868. The smallest absolute Gasteiger partial charge is 0.00489 e. The zero-order valence-electron chi connectivity index (χ0n) is 14.1. The molecule has 0 aromatic rings. The third-order valence-electron chi connectivity index (χ3n) is 4.01. The summed E-state index contributed by atoms with van der Waals surface area (Å²) in [7, 11) is 0. The van der Waals surface area contributed by atoms with Gasteiger partial charge >= 0.3 is 0 Å². The Kier molecular flexibility index (Phi) is 18.8. The average molecular weight is 285 g/mol. The molecule has 0 atom stereocenters. The monoisotopic (exact) mass is 284 g/mol. The first kappa shape index (κ1) is 19.9. The molecule has 0 spiro atoms. The Hall–Kier alpha value is -0.0800. The maximum absolute atomic E-state index is 5.48. The highest BCUT2D eigenvalue weighted by atomic mass is 14.8. The third kappa shape index (κ3) is 17.9. The van der Waals surface area contributed by atoms with E-state index in [1.54, 1.807) is 0 Å². The molecule has 0 bridgehead atoms. The lowest BCUT2D eigenvalue weighted by molar-refractivity contribution is 0.534. The van der Waals surface area contributed by atoms with E-state index in [-0.39, 0.29) is 0 Å². The van der Waals surface area contributed by atoms with Crippen LogP contribution in [0.2, 0.25) is 0 Å². The second kappa shape index (κ2) is 18.9. The number of nitrogens with two attached hydrogens (primary N) is 1. The Morgan fingerprint density at radius 3 is 1.40 bits per heavy atom. The third-order valence-corrected chi connectivity index (χ3v) is 4.01. The van der Waals surface area contributed by atoms with Crippen LogP contribution in [0.5, 0.6) is 0 Å². The van der Waals surface area contributed by atoms with Gasteiger partial charge in [0.25, 0.3) is 0 Å². The Morgan fingerprint density at radius 2 is 0.950 bits per heavy atom. The molecule has 0 aromatic heterocycles. The van der Waals surface area contributed by atoms with Crippen molar-refractivity contribution in [2.75, 3.05) is 19.6 Å². The van der Waals surface area contributed by atoms with E-state index in [0.29, 0.717) is 0 Å². The second-order valence-corrected chi connectivity index (χ2v) is 6.13. The Balaban J connectivity index is 2.89. The molecule has 0 aliphatic heterocycles. The molecule has 0 radical (unpaired) electrons. The van der Waals surface area contributed by atoms with Crippen LogP contribution in [-0.2, 0) is 0 Å². The summed E-state index contributed by atoms with van der Waals surface area (Å²) >= 11 is 0. The van der Waals surface area contributed by atoms with Gasteiger partial charge in [-0.2, -0.15) is 0 Å². The molecule has 0 fully saturated rings. The van der Waals surface area contributed by atoms with E-state index in [1.165, 1.54) is 103 Å². The molecule has 0 saturated heterocycles. The van der Waals surface area contributed by atoms with E-state index in [0.717, 1.165) is 6.54 Å². The maximum atomic E-state index is 5.48. The van der Waals surface area contributed by atoms with Gasteiger partial charge in [0.1, 0.15) is 0 Å². The molecule has 0 unspecified atom stereocenters. The van der Waals surface area contributed by atoms with Crippen LogP contribution >= 0.6 is 0 Å². The molecule has 20 heavy (non-hydrogen) atoms. The van der Waals surface area contributed by atoms with E-state index in [1.807, 2.05) is 0 Å². The van der Waals surface area contributed by atoms with Crippen molar-refractivity contribution in [2.24, 2.45) is 5.73 Å². The van der Waals surface area contributed by atoms with Crippen LogP contribution < -0.4 is 11.1 Å². The fourth-order valence-corrected chi connectivity index (χ4v) is 2.61. The van der Waals surface area contributed by atoms with Crippen LogP contribution in [0.15, 0.2) is 0 Å². The SMILES string of the molecule is CCCCCCNCCCCCCCCCCCCN. The fourth-order valence-electron chi connectivity index (χ4n) is 2.61. The number of unbranched alkanes of at least 4 members (excludes halogenated alkanes) is 12. The highest BCUT2D eigenvalue weighted by Gasteiger charge is 1.93. The van der Waals surface area contributed by atoms with Gasteiger partial charge < -0.3 is 11.1 Å². The quantitative estimate of drug-likeness (QED) is 0.368. The molecule has 3 N–H and O–H groups in total. The minimum absolute atomic E-state index is 0.868. The number of hydrogen-bond acceptors (Lipinski definition) is 2. The highest BCUT2D eigenvalue weighted by molar-refractivity contribution is 4.52. The van der Waals surface area contributed by atoms with E-state index < -0.39 is 0 Å². The summed E-state index contributed by atoms with van der Waals surface area (Å²) in [4.78, 5) is 0. The second-order valence-electron chi connectivity index (χ2n) is 6.13. The molecule has 0 aliphatic carbocycles. The fraction of sp³-hybridized carbons (Fsp3) is 1.00. The summed E-state index contributed by atoms with van der Waals surface area (Å²) < 4.78 is 0. The summed E-state index contributed by atoms with van der Waals surface area (Å²) in [6.07, 6.45) is 19.4. The van der Waals surface area contributed by atoms with Gasteiger partial charge in [-0.3, -0.25) is 0 Å². The van der Waals surface area contributed by atoms with Crippen LogP contribution in [0.4, 0.5) is 0 Å². The van der Waals surface area contributed by atoms with Crippen molar-refractivity contribution < 1.29 is 0 Å². The molecular weight excluding hydrogens is 244 g/mol. The van der Waals surface area contributed by atoms with Crippen LogP contribution in [0.25, 0.3) is 0 Å². The van der Waals surface area contributed by atoms with Gasteiger partial charge in [0.05, 0.1) is 0 Å². The van der Waals surface area contributed by atoms with E-state index in [9.17, 15) is 0 Å². The van der Waals surface area contributed by atoms with Crippen LogP contribution in [-0.4, -0.2) is 19.6 Å². The number of nitrogens with one attached hydrogen (secondary N) is 1. The summed E-state index contributed by atoms with van der Waals surface area (Å²) in [5, 5.41) is 3.56. The normalized spacial score (nSPS) is 11.1. The van der Waals surface area contributed by atoms with Crippen molar-refractivity contribution >= 4 is 0 Å². The predicted octanol–water partition coefficient (Wildman–Crippen LogP) is 5.02. The maximum Gasteiger partial charge on any atom is -0.00489 e. The molecule has 0 amide bonds.